The number of hydrazone groups is 1. The van der Waals surface area contributed by atoms with Crippen LogP contribution in [0, 0.1) is 0 Å². The number of hydrogen-bond acceptors (Lipinski definition) is 7. The first-order chi connectivity index (χ1) is 18.6. The van der Waals surface area contributed by atoms with Gasteiger partial charge in [0.2, 0.25) is 0 Å². The number of halogens is 1. The molecule has 0 saturated heterocycles. The van der Waals surface area contributed by atoms with Crippen LogP contribution in [0.2, 0.25) is 5.02 Å². The number of rotatable bonds is 6. The summed E-state index contributed by atoms with van der Waals surface area (Å²) in [6, 6.07) is 25.3. The summed E-state index contributed by atoms with van der Waals surface area (Å²) >= 11 is 7.52. The fourth-order valence-corrected chi connectivity index (χ4v) is 5.50. The third-order valence-corrected chi connectivity index (χ3v) is 7.53. The second-order valence-corrected chi connectivity index (χ2v) is 10.1. The van der Waals surface area contributed by atoms with Crippen LogP contribution in [-0.2, 0) is 9.53 Å². The monoisotopic (exact) mass is 541 g/mol. The summed E-state index contributed by atoms with van der Waals surface area (Å²) in [4.78, 5) is 31.0. The zero-order valence-corrected chi connectivity index (χ0v) is 21.5. The molecule has 0 N–H and O–H groups in total. The molecule has 0 spiro atoms. The molecule has 1 atom stereocenters. The Labute approximate surface area is 226 Å². The van der Waals surface area contributed by atoms with Crippen LogP contribution in [0.3, 0.4) is 0 Å². The number of fused-ring (bicyclic) bond motifs is 1. The van der Waals surface area contributed by atoms with E-state index in [4.69, 9.17) is 20.8 Å². The lowest BCUT2D eigenvalue weighted by Gasteiger charge is -2.19. The molecule has 1 aliphatic rings. The van der Waals surface area contributed by atoms with Gasteiger partial charge in [-0.05, 0) is 48.0 Å². The van der Waals surface area contributed by atoms with Gasteiger partial charge in [0.05, 0.1) is 27.8 Å². The summed E-state index contributed by atoms with van der Waals surface area (Å²) in [5.74, 6) is -0.469. The Morgan fingerprint density at radius 3 is 2.58 bits per heavy atom. The SMILES string of the molecule is O=C(OCC(=O)N1N=C(c2ccc(Cl)cc2)C[C@H]1c1ccco1)c1ccccc1-c1nc2ccccc2s1. The van der Waals surface area contributed by atoms with Crippen molar-refractivity contribution in [2.45, 2.75) is 12.5 Å². The van der Waals surface area contributed by atoms with Crippen LogP contribution in [0.15, 0.2) is 101 Å². The molecule has 0 bridgehead atoms. The van der Waals surface area contributed by atoms with Crippen molar-refractivity contribution in [1.29, 1.82) is 0 Å². The molecule has 38 heavy (non-hydrogen) atoms. The maximum atomic E-state index is 13.3. The first-order valence-corrected chi connectivity index (χ1v) is 13.1. The van der Waals surface area contributed by atoms with E-state index in [1.807, 2.05) is 48.5 Å². The van der Waals surface area contributed by atoms with Gasteiger partial charge in [0, 0.05) is 17.0 Å². The Morgan fingerprint density at radius 2 is 1.79 bits per heavy atom. The highest BCUT2D eigenvalue weighted by Gasteiger charge is 2.35. The molecule has 6 rings (SSSR count). The van der Waals surface area contributed by atoms with Gasteiger partial charge in [-0.2, -0.15) is 5.10 Å². The zero-order valence-electron chi connectivity index (χ0n) is 19.9. The minimum absolute atomic E-state index is 0.341. The maximum absolute atomic E-state index is 13.3. The van der Waals surface area contributed by atoms with Crippen LogP contribution < -0.4 is 0 Å². The van der Waals surface area contributed by atoms with Gasteiger partial charge in [-0.15, -0.1) is 11.3 Å². The van der Waals surface area contributed by atoms with E-state index < -0.39 is 24.5 Å². The minimum atomic E-state index is -0.608. The van der Waals surface area contributed by atoms with E-state index in [0.29, 0.717) is 39.0 Å². The van der Waals surface area contributed by atoms with E-state index >= 15 is 0 Å². The molecule has 7 nitrogen and oxygen atoms in total. The van der Waals surface area contributed by atoms with Gasteiger partial charge >= 0.3 is 5.97 Å². The molecule has 0 radical (unpaired) electrons. The third-order valence-electron chi connectivity index (χ3n) is 6.21. The van der Waals surface area contributed by atoms with E-state index in [2.05, 4.69) is 10.1 Å². The zero-order chi connectivity index (χ0) is 26.1. The Balaban J connectivity index is 1.22. The molecular formula is C29H20ClN3O4S. The van der Waals surface area contributed by atoms with Crippen molar-refractivity contribution in [3.05, 3.63) is 113 Å². The van der Waals surface area contributed by atoms with Gasteiger partial charge in [-0.1, -0.05) is 54.1 Å². The van der Waals surface area contributed by atoms with Crippen molar-refractivity contribution in [2.24, 2.45) is 5.10 Å². The summed E-state index contributed by atoms with van der Waals surface area (Å²) in [6.45, 7) is -0.471. The molecule has 9 heteroatoms. The fourth-order valence-electron chi connectivity index (χ4n) is 4.37. The van der Waals surface area contributed by atoms with Crippen molar-refractivity contribution >= 4 is 50.7 Å². The lowest BCUT2D eigenvalue weighted by atomic mass is 10.0. The van der Waals surface area contributed by atoms with E-state index in [9.17, 15) is 9.59 Å². The fraction of sp³-hybridized carbons (Fsp3) is 0.103. The lowest BCUT2D eigenvalue weighted by molar-refractivity contribution is -0.136. The normalized spacial score (nSPS) is 15.0. The molecule has 0 unspecified atom stereocenters. The lowest BCUT2D eigenvalue weighted by Crippen LogP contribution is -2.31. The number of aromatic nitrogens is 1. The second kappa shape index (κ2) is 10.2. The van der Waals surface area contributed by atoms with Crippen LogP contribution in [0.4, 0.5) is 0 Å². The van der Waals surface area contributed by atoms with Gasteiger partial charge in [0.25, 0.3) is 5.91 Å². The highest BCUT2D eigenvalue weighted by Crippen LogP contribution is 2.34. The molecule has 3 heterocycles. The van der Waals surface area contributed by atoms with Crippen LogP contribution in [0.5, 0.6) is 0 Å². The molecule has 2 aromatic heterocycles. The molecule has 3 aromatic carbocycles. The van der Waals surface area contributed by atoms with Crippen LogP contribution >= 0.6 is 22.9 Å². The average Bonchev–Trinajstić information content (AvgIpc) is 3.71. The number of para-hydroxylation sites is 1. The highest BCUT2D eigenvalue weighted by molar-refractivity contribution is 7.21. The summed E-state index contributed by atoms with van der Waals surface area (Å²) < 4.78 is 12.1. The average molecular weight is 542 g/mol. The summed E-state index contributed by atoms with van der Waals surface area (Å²) in [5, 5.41) is 7.21. The summed E-state index contributed by atoms with van der Waals surface area (Å²) in [7, 11) is 0. The Hall–Kier alpha value is -4.27. The van der Waals surface area contributed by atoms with Gasteiger partial charge in [-0.3, -0.25) is 4.79 Å². The van der Waals surface area contributed by atoms with E-state index in [0.717, 1.165) is 15.8 Å². The summed E-state index contributed by atoms with van der Waals surface area (Å²) in [6.07, 6.45) is 2.01. The number of nitrogens with zero attached hydrogens (tertiary/aromatic N) is 3. The molecule has 188 valence electrons. The molecule has 0 fully saturated rings. The van der Waals surface area contributed by atoms with E-state index in [1.165, 1.54) is 16.3 Å². The predicted molar refractivity (Wildman–Crippen MR) is 146 cm³/mol. The van der Waals surface area contributed by atoms with Crippen LogP contribution in [-0.4, -0.2) is 34.2 Å². The van der Waals surface area contributed by atoms with Gasteiger partial charge < -0.3 is 9.15 Å². The minimum Gasteiger partial charge on any atom is -0.467 e. The van der Waals surface area contributed by atoms with Crippen molar-refractivity contribution in [2.75, 3.05) is 6.61 Å². The number of ether oxygens (including phenoxy) is 1. The number of furan rings is 1. The quantitative estimate of drug-likeness (QED) is 0.222. The van der Waals surface area contributed by atoms with Crippen LogP contribution in [0.25, 0.3) is 20.8 Å². The number of amides is 1. The predicted octanol–water partition coefficient (Wildman–Crippen LogP) is 6.74. The Kier molecular flexibility index (Phi) is 6.49. The number of thiazole rings is 1. The molecular weight excluding hydrogens is 522 g/mol. The number of esters is 1. The van der Waals surface area contributed by atoms with Crippen LogP contribution in [0.1, 0.15) is 34.1 Å². The summed E-state index contributed by atoms with van der Waals surface area (Å²) in [5.41, 5.74) is 3.42. The van der Waals surface area contributed by atoms with Gasteiger partial charge in [0.1, 0.15) is 16.8 Å². The molecule has 0 aliphatic carbocycles. The first kappa shape index (κ1) is 24.1. The van der Waals surface area contributed by atoms with Crippen molar-refractivity contribution in [3.63, 3.8) is 0 Å². The maximum Gasteiger partial charge on any atom is 0.339 e. The van der Waals surface area contributed by atoms with E-state index in [1.54, 1.807) is 42.7 Å². The van der Waals surface area contributed by atoms with Crippen molar-refractivity contribution in [1.82, 2.24) is 9.99 Å². The third kappa shape index (κ3) is 4.71. The molecule has 1 amide bonds. The van der Waals surface area contributed by atoms with Gasteiger partial charge in [0.15, 0.2) is 6.61 Å². The number of hydrogen-bond donors (Lipinski definition) is 0. The Bertz CT molecular complexity index is 1630. The standard InChI is InChI=1S/C29H20ClN3O4S/c30-19-13-11-18(12-14-19)23-16-24(25-9-5-15-36-25)33(32-23)27(34)17-37-29(35)21-7-2-1-6-20(21)28-31-22-8-3-4-10-26(22)38-28/h1-15,24H,16-17H2/t24-/m0/s1. The molecule has 0 saturated carbocycles. The number of carbonyl (C=O) groups is 2. The highest BCUT2D eigenvalue weighted by atomic mass is 35.5. The van der Waals surface area contributed by atoms with E-state index in [-0.39, 0.29) is 0 Å². The first-order valence-electron chi connectivity index (χ1n) is 11.9. The largest absolute Gasteiger partial charge is 0.467 e. The number of carbonyl (C=O) groups excluding carboxylic acids is 2. The topological polar surface area (TPSA) is 85.0 Å². The Morgan fingerprint density at radius 1 is 1.00 bits per heavy atom. The van der Waals surface area contributed by atoms with Crippen molar-refractivity contribution < 1.29 is 18.7 Å². The second-order valence-electron chi connectivity index (χ2n) is 8.64. The van der Waals surface area contributed by atoms with Crippen molar-refractivity contribution in [3.8, 4) is 10.6 Å². The molecule has 5 aromatic rings. The molecule has 1 aliphatic heterocycles. The van der Waals surface area contributed by atoms with Gasteiger partial charge in [-0.25, -0.2) is 14.8 Å². The number of benzene rings is 3. The smallest absolute Gasteiger partial charge is 0.339 e.